The van der Waals surface area contributed by atoms with Crippen molar-refractivity contribution in [1.29, 1.82) is 0 Å². The van der Waals surface area contributed by atoms with Gasteiger partial charge >= 0.3 is 0 Å². The Labute approximate surface area is 85.1 Å². The van der Waals surface area contributed by atoms with E-state index in [1.165, 1.54) is 12.1 Å². The quantitative estimate of drug-likeness (QED) is 0.748. The molecule has 0 bridgehead atoms. The Morgan fingerprint density at radius 1 is 1.54 bits per heavy atom. The number of rotatable bonds is 3. The van der Waals surface area contributed by atoms with E-state index >= 15 is 0 Å². The van der Waals surface area contributed by atoms with E-state index in [1.807, 2.05) is 6.92 Å². The molecule has 0 aliphatic carbocycles. The molecule has 70 valence electrons. The van der Waals surface area contributed by atoms with Gasteiger partial charge in [-0.2, -0.15) is 0 Å². The predicted molar refractivity (Wildman–Crippen MR) is 53.2 cm³/mol. The van der Waals surface area contributed by atoms with Gasteiger partial charge in [-0.1, -0.05) is 15.9 Å². The fourth-order valence-corrected chi connectivity index (χ4v) is 1.65. The SMILES string of the molecule is Cc1c(Br)cc(F)cc1CCC=O. The highest BCUT2D eigenvalue weighted by molar-refractivity contribution is 9.10. The van der Waals surface area contributed by atoms with E-state index in [0.29, 0.717) is 12.8 Å². The van der Waals surface area contributed by atoms with Crippen molar-refractivity contribution >= 4 is 22.2 Å². The van der Waals surface area contributed by atoms with Gasteiger partial charge in [-0.25, -0.2) is 4.39 Å². The smallest absolute Gasteiger partial charge is 0.124 e. The van der Waals surface area contributed by atoms with Crippen molar-refractivity contribution in [1.82, 2.24) is 0 Å². The first-order valence-corrected chi connectivity index (χ1v) is 4.82. The summed E-state index contributed by atoms with van der Waals surface area (Å²) >= 11 is 3.26. The maximum absolute atomic E-state index is 12.9. The van der Waals surface area contributed by atoms with E-state index in [4.69, 9.17) is 0 Å². The fraction of sp³-hybridized carbons (Fsp3) is 0.300. The molecular formula is C10H10BrFO. The van der Waals surface area contributed by atoms with Crippen LogP contribution in [-0.4, -0.2) is 6.29 Å². The number of halogens is 2. The number of benzene rings is 1. The zero-order chi connectivity index (χ0) is 9.84. The molecular weight excluding hydrogens is 235 g/mol. The summed E-state index contributed by atoms with van der Waals surface area (Å²) in [6.45, 7) is 1.91. The van der Waals surface area contributed by atoms with Gasteiger partial charge in [0.1, 0.15) is 12.1 Å². The van der Waals surface area contributed by atoms with Crippen molar-refractivity contribution < 1.29 is 9.18 Å². The molecule has 1 aromatic carbocycles. The third kappa shape index (κ3) is 2.62. The van der Waals surface area contributed by atoms with Crippen LogP contribution in [0.5, 0.6) is 0 Å². The van der Waals surface area contributed by atoms with Gasteiger partial charge < -0.3 is 4.79 Å². The molecule has 0 unspecified atom stereocenters. The molecule has 0 aliphatic heterocycles. The van der Waals surface area contributed by atoms with Gasteiger partial charge in [0.15, 0.2) is 0 Å². The van der Waals surface area contributed by atoms with Crippen LogP contribution in [0, 0.1) is 12.7 Å². The first-order chi connectivity index (χ1) is 6.15. The highest BCUT2D eigenvalue weighted by Gasteiger charge is 2.04. The van der Waals surface area contributed by atoms with Gasteiger partial charge in [0.25, 0.3) is 0 Å². The topological polar surface area (TPSA) is 17.1 Å². The molecule has 1 rings (SSSR count). The minimum atomic E-state index is -0.265. The summed E-state index contributed by atoms with van der Waals surface area (Å²) in [6.07, 6.45) is 1.89. The molecule has 0 radical (unpaired) electrons. The second-order valence-electron chi connectivity index (χ2n) is 2.88. The van der Waals surface area contributed by atoms with Crippen molar-refractivity contribution in [2.24, 2.45) is 0 Å². The number of carbonyl (C=O) groups is 1. The monoisotopic (exact) mass is 244 g/mol. The van der Waals surface area contributed by atoms with Crippen molar-refractivity contribution in [3.05, 3.63) is 33.5 Å². The molecule has 0 amide bonds. The molecule has 1 aromatic rings. The van der Waals surface area contributed by atoms with E-state index in [1.54, 1.807) is 0 Å². The summed E-state index contributed by atoms with van der Waals surface area (Å²) < 4.78 is 13.7. The summed E-state index contributed by atoms with van der Waals surface area (Å²) in [5.74, 6) is -0.265. The Morgan fingerprint density at radius 3 is 2.85 bits per heavy atom. The Balaban J connectivity index is 2.98. The minimum absolute atomic E-state index is 0.265. The van der Waals surface area contributed by atoms with Crippen molar-refractivity contribution in [2.75, 3.05) is 0 Å². The van der Waals surface area contributed by atoms with Crippen LogP contribution in [0.1, 0.15) is 17.5 Å². The van der Waals surface area contributed by atoms with E-state index in [2.05, 4.69) is 15.9 Å². The summed E-state index contributed by atoms with van der Waals surface area (Å²) in [7, 11) is 0. The van der Waals surface area contributed by atoms with Crippen LogP contribution in [0.25, 0.3) is 0 Å². The van der Waals surface area contributed by atoms with Crippen molar-refractivity contribution in [3.63, 3.8) is 0 Å². The summed E-state index contributed by atoms with van der Waals surface area (Å²) in [4.78, 5) is 10.2. The molecule has 0 aromatic heterocycles. The summed E-state index contributed by atoms with van der Waals surface area (Å²) in [5.41, 5.74) is 1.89. The summed E-state index contributed by atoms with van der Waals surface area (Å²) in [5, 5.41) is 0. The second kappa shape index (κ2) is 4.51. The molecule has 0 atom stereocenters. The number of aldehydes is 1. The molecule has 3 heteroatoms. The van der Waals surface area contributed by atoms with Gasteiger partial charge in [0, 0.05) is 10.9 Å². The molecule has 1 nitrogen and oxygen atoms in total. The van der Waals surface area contributed by atoms with Crippen LogP contribution in [-0.2, 0) is 11.2 Å². The third-order valence-corrected chi connectivity index (χ3v) is 2.77. The normalized spacial score (nSPS) is 10.1. The summed E-state index contributed by atoms with van der Waals surface area (Å²) in [6, 6.07) is 2.91. The molecule has 0 fully saturated rings. The van der Waals surface area contributed by atoms with Gasteiger partial charge in [0.2, 0.25) is 0 Å². The molecule has 0 saturated heterocycles. The van der Waals surface area contributed by atoms with E-state index in [0.717, 1.165) is 21.9 Å². The molecule has 0 saturated carbocycles. The number of carbonyl (C=O) groups excluding carboxylic acids is 1. The lowest BCUT2D eigenvalue weighted by Crippen LogP contribution is -1.93. The Morgan fingerprint density at radius 2 is 2.23 bits per heavy atom. The van der Waals surface area contributed by atoms with Crippen molar-refractivity contribution in [3.8, 4) is 0 Å². The van der Waals surface area contributed by atoms with E-state index < -0.39 is 0 Å². The van der Waals surface area contributed by atoms with Crippen LogP contribution >= 0.6 is 15.9 Å². The average Bonchev–Trinajstić information content (AvgIpc) is 2.09. The zero-order valence-corrected chi connectivity index (χ0v) is 8.90. The van der Waals surface area contributed by atoms with Crippen LogP contribution in [0.15, 0.2) is 16.6 Å². The van der Waals surface area contributed by atoms with Crippen LogP contribution in [0.4, 0.5) is 4.39 Å². The Kier molecular flexibility index (Phi) is 3.60. The predicted octanol–water partition coefficient (Wildman–Crippen LogP) is 3.03. The van der Waals surface area contributed by atoms with Crippen LogP contribution in [0.3, 0.4) is 0 Å². The Hall–Kier alpha value is -0.700. The maximum atomic E-state index is 12.9. The largest absolute Gasteiger partial charge is 0.303 e. The number of hydrogen-bond donors (Lipinski definition) is 0. The van der Waals surface area contributed by atoms with E-state index in [9.17, 15) is 9.18 Å². The molecule has 13 heavy (non-hydrogen) atoms. The van der Waals surface area contributed by atoms with Crippen LogP contribution in [0.2, 0.25) is 0 Å². The molecule has 0 N–H and O–H groups in total. The lowest BCUT2D eigenvalue weighted by Gasteiger charge is -2.05. The van der Waals surface area contributed by atoms with Crippen molar-refractivity contribution in [2.45, 2.75) is 19.8 Å². The maximum Gasteiger partial charge on any atom is 0.124 e. The zero-order valence-electron chi connectivity index (χ0n) is 7.31. The average molecular weight is 245 g/mol. The lowest BCUT2D eigenvalue weighted by molar-refractivity contribution is -0.107. The molecule has 0 heterocycles. The van der Waals surface area contributed by atoms with Gasteiger partial charge in [-0.3, -0.25) is 0 Å². The minimum Gasteiger partial charge on any atom is -0.303 e. The van der Waals surface area contributed by atoms with Crippen LogP contribution < -0.4 is 0 Å². The fourth-order valence-electron chi connectivity index (χ4n) is 1.17. The first-order valence-electron chi connectivity index (χ1n) is 4.03. The van der Waals surface area contributed by atoms with Gasteiger partial charge in [0.05, 0.1) is 0 Å². The van der Waals surface area contributed by atoms with E-state index in [-0.39, 0.29) is 5.82 Å². The highest BCUT2D eigenvalue weighted by Crippen LogP contribution is 2.22. The highest BCUT2D eigenvalue weighted by atomic mass is 79.9. The second-order valence-corrected chi connectivity index (χ2v) is 3.73. The van der Waals surface area contributed by atoms with Gasteiger partial charge in [-0.15, -0.1) is 0 Å². The molecule has 0 spiro atoms. The Bertz CT molecular complexity index is 323. The third-order valence-electron chi connectivity index (χ3n) is 1.95. The molecule has 0 aliphatic rings. The number of hydrogen-bond acceptors (Lipinski definition) is 1. The standard InChI is InChI=1S/C10H10BrFO/c1-7-8(3-2-4-13)5-9(12)6-10(7)11/h4-6H,2-3H2,1H3. The lowest BCUT2D eigenvalue weighted by atomic mass is 10.0. The number of aryl methyl sites for hydroxylation is 1. The first kappa shape index (κ1) is 10.4. The van der Waals surface area contributed by atoms with Gasteiger partial charge in [-0.05, 0) is 36.6 Å².